The summed E-state index contributed by atoms with van der Waals surface area (Å²) in [5.41, 5.74) is -1.07. The molecule has 15 heteroatoms. The second-order valence-corrected chi connectivity index (χ2v) is 10.3. The summed E-state index contributed by atoms with van der Waals surface area (Å²) in [6, 6.07) is 15.2. The number of imidazole rings is 1. The molecule has 0 aliphatic heterocycles. The minimum absolute atomic E-state index is 0.106. The minimum atomic E-state index is -2.70. The van der Waals surface area contributed by atoms with E-state index >= 15 is 0 Å². The number of aliphatic carboxylic acids is 2. The van der Waals surface area contributed by atoms with Crippen LogP contribution in [0.1, 0.15) is 17.4 Å². The Labute approximate surface area is 261 Å². The molecule has 0 saturated carbocycles. The van der Waals surface area contributed by atoms with Crippen LogP contribution in [-0.2, 0) is 32.0 Å². The van der Waals surface area contributed by atoms with Crippen LogP contribution in [0.25, 0.3) is 11.2 Å². The van der Waals surface area contributed by atoms with E-state index < -0.39 is 55.6 Å². The average Bonchev–Trinajstić information content (AvgIpc) is 3.43. The first-order valence-corrected chi connectivity index (χ1v) is 13.8. The number of rotatable bonds is 15. The summed E-state index contributed by atoms with van der Waals surface area (Å²) < 4.78 is 12.6. The first-order chi connectivity index (χ1) is 21.1. The molecule has 44 heavy (non-hydrogen) atoms. The van der Waals surface area contributed by atoms with E-state index in [2.05, 4.69) is 26.2 Å². The SMILES string of the molecule is C#C[C@@H](O)[C@@H](O[C@@H](CO)COC(Cc1ccccc1)(C(=O)O)C(=O)O)n1cnc2c(NCc3ccc(Cl)cc3)nc(Cl)nc21. The quantitative estimate of drug-likeness (QED) is 0.0724. The molecule has 4 aromatic rings. The fourth-order valence-electron chi connectivity index (χ4n) is 4.23. The van der Waals surface area contributed by atoms with E-state index in [1.54, 1.807) is 42.5 Å². The highest BCUT2D eigenvalue weighted by molar-refractivity contribution is 6.30. The molecular formula is C29H27Cl2N5O8. The second-order valence-electron chi connectivity index (χ2n) is 9.50. The third-order valence-corrected chi connectivity index (χ3v) is 6.94. The molecule has 2 heterocycles. The Balaban J connectivity index is 1.59. The number of hydrogen-bond acceptors (Lipinski definition) is 10. The minimum Gasteiger partial charge on any atom is -0.479 e. The Kier molecular flexibility index (Phi) is 10.7. The van der Waals surface area contributed by atoms with Crippen LogP contribution >= 0.6 is 23.2 Å². The zero-order chi connectivity index (χ0) is 31.9. The number of ether oxygens (including phenoxy) is 2. The third-order valence-electron chi connectivity index (χ3n) is 6.52. The predicted octanol–water partition coefficient (Wildman–Crippen LogP) is 2.78. The third kappa shape index (κ3) is 7.43. The molecule has 0 bridgehead atoms. The molecule has 0 aliphatic rings. The molecule has 0 fully saturated rings. The van der Waals surface area contributed by atoms with Crippen LogP contribution in [0.15, 0.2) is 60.9 Å². The zero-order valence-corrected chi connectivity index (χ0v) is 24.4. The van der Waals surface area contributed by atoms with Crippen molar-refractivity contribution in [1.82, 2.24) is 19.5 Å². The predicted molar refractivity (Wildman–Crippen MR) is 159 cm³/mol. The molecule has 4 rings (SSSR count). The van der Waals surface area contributed by atoms with Gasteiger partial charge in [0.25, 0.3) is 5.60 Å². The Bertz CT molecular complexity index is 1630. The molecule has 0 spiro atoms. The summed E-state index contributed by atoms with van der Waals surface area (Å²) in [6.45, 7) is -1.13. The lowest BCUT2D eigenvalue weighted by Crippen LogP contribution is -2.52. The van der Waals surface area contributed by atoms with E-state index in [9.17, 15) is 30.0 Å². The Morgan fingerprint density at radius 3 is 2.34 bits per heavy atom. The molecule has 2 aromatic heterocycles. The van der Waals surface area contributed by atoms with Crippen LogP contribution in [0.2, 0.25) is 10.3 Å². The molecule has 0 radical (unpaired) electrons. The molecule has 2 aromatic carbocycles. The largest absolute Gasteiger partial charge is 0.479 e. The van der Waals surface area contributed by atoms with Crippen LogP contribution in [0.4, 0.5) is 5.82 Å². The number of aliphatic hydroxyl groups excluding tert-OH is 2. The van der Waals surface area contributed by atoms with Gasteiger partial charge in [0.05, 0.1) is 19.5 Å². The molecule has 0 saturated heterocycles. The highest BCUT2D eigenvalue weighted by Gasteiger charge is 2.49. The molecule has 0 amide bonds. The Morgan fingerprint density at radius 1 is 1.05 bits per heavy atom. The normalized spacial score (nSPS) is 13.6. The Morgan fingerprint density at radius 2 is 1.73 bits per heavy atom. The highest BCUT2D eigenvalue weighted by atomic mass is 35.5. The maximum atomic E-state index is 12.2. The van der Waals surface area contributed by atoms with Crippen molar-refractivity contribution in [3.05, 3.63) is 82.4 Å². The number of aliphatic hydroxyl groups is 2. The summed E-state index contributed by atoms with van der Waals surface area (Å²) in [6.07, 6.45) is 1.81. The summed E-state index contributed by atoms with van der Waals surface area (Å²) in [5, 5.41) is 44.0. The fraction of sp³-hybridized carbons (Fsp3) is 0.276. The van der Waals surface area contributed by atoms with Crippen molar-refractivity contribution in [3.63, 3.8) is 0 Å². The molecule has 3 atom stereocenters. The number of terminal acetylenes is 1. The molecule has 230 valence electrons. The van der Waals surface area contributed by atoms with Gasteiger partial charge in [-0.1, -0.05) is 60.0 Å². The lowest BCUT2D eigenvalue weighted by atomic mass is 9.94. The number of carbonyl (C=O) groups is 2. The van der Waals surface area contributed by atoms with Gasteiger partial charge >= 0.3 is 11.9 Å². The number of carboxylic acids is 2. The van der Waals surface area contributed by atoms with Gasteiger partial charge in [-0.15, -0.1) is 6.42 Å². The number of nitrogens with one attached hydrogen (secondary N) is 1. The second kappa shape index (κ2) is 14.5. The number of hydrogen-bond donors (Lipinski definition) is 5. The molecular weight excluding hydrogens is 617 g/mol. The average molecular weight is 644 g/mol. The van der Waals surface area contributed by atoms with Gasteiger partial charge in [0.2, 0.25) is 5.28 Å². The van der Waals surface area contributed by atoms with Crippen molar-refractivity contribution in [2.75, 3.05) is 18.5 Å². The van der Waals surface area contributed by atoms with Crippen molar-refractivity contribution >= 4 is 52.1 Å². The van der Waals surface area contributed by atoms with E-state index in [0.29, 0.717) is 17.1 Å². The first-order valence-electron chi connectivity index (χ1n) is 13.0. The van der Waals surface area contributed by atoms with Crippen LogP contribution in [-0.4, -0.2) is 82.9 Å². The molecule has 13 nitrogen and oxygen atoms in total. The van der Waals surface area contributed by atoms with Crippen molar-refractivity contribution in [2.24, 2.45) is 0 Å². The van der Waals surface area contributed by atoms with E-state index in [4.69, 9.17) is 39.1 Å². The summed E-state index contributed by atoms with van der Waals surface area (Å²) >= 11 is 12.1. The number of halogens is 2. The van der Waals surface area contributed by atoms with Gasteiger partial charge in [-0.2, -0.15) is 9.97 Å². The Hall–Kier alpha value is -4.29. The lowest BCUT2D eigenvalue weighted by molar-refractivity contribution is -0.195. The van der Waals surface area contributed by atoms with E-state index in [-0.39, 0.29) is 22.3 Å². The summed E-state index contributed by atoms with van der Waals surface area (Å²) in [7, 11) is 0. The van der Waals surface area contributed by atoms with Crippen LogP contribution in [0.3, 0.4) is 0 Å². The number of aromatic nitrogens is 4. The summed E-state index contributed by atoms with van der Waals surface area (Å²) in [4.78, 5) is 37.1. The van der Waals surface area contributed by atoms with Crippen molar-refractivity contribution in [2.45, 2.75) is 37.0 Å². The smallest absolute Gasteiger partial charge is 0.348 e. The van der Waals surface area contributed by atoms with Crippen LogP contribution in [0.5, 0.6) is 0 Å². The van der Waals surface area contributed by atoms with Crippen LogP contribution < -0.4 is 5.32 Å². The van der Waals surface area contributed by atoms with E-state index in [1.807, 2.05) is 12.1 Å². The number of fused-ring (bicyclic) bond motifs is 1. The maximum absolute atomic E-state index is 12.2. The van der Waals surface area contributed by atoms with Crippen LogP contribution in [0, 0.1) is 12.3 Å². The highest BCUT2D eigenvalue weighted by Crippen LogP contribution is 2.28. The molecule has 0 unspecified atom stereocenters. The van der Waals surface area contributed by atoms with E-state index in [0.717, 1.165) is 5.56 Å². The number of carboxylic acid groups (broad SMARTS) is 2. The van der Waals surface area contributed by atoms with Gasteiger partial charge in [0, 0.05) is 18.0 Å². The molecule has 0 aliphatic carbocycles. The number of anilines is 1. The van der Waals surface area contributed by atoms with Gasteiger partial charge in [0.15, 0.2) is 29.3 Å². The molecule has 5 N–H and O–H groups in total. The maximum Gasteiger partial charge on any atom is 0.348 e. The van der Waals surface area contributed by atoms with Crippen molar-refractivity contribution < 1.29 is 39.5 Å². The van der Waals surface area contributed by atoms with Crippen molar-refractivity contribution in [1.29, 1.82) is 0 Å². The first kappa shape index (κ1) is 32.6. The van der Waals surface area contributed by atoms with Crippen molar-refractivity contribution in [3.8, 4) is 12.3 Å². The fourth-order valence-corrected chi connectivity index (χ4v) is 4.52. The monoisotopic (exact) mass is 643 g/mol. The van der Waals surface area contributed by atoms with Gasteiger partial charge in [-0.25, -0.2) is 14.6 Å². The topological polar surface area (TPSA) is 189 Å². The van der Waals surface area contributed by atoms with Gasteiger partial charge in [-0.05, 0) is 34.9 Å². The van der Waals surface area contributed by atoms with Gasteiger partial charge in [-0.3, -0.25) is 4.57 Å². The number of benzene rings is 2. The summed E-state index contributed by atoms with van der Waals surface area (Å²) in [5.74, 6) is -1.11. The number of nitrogens with zero attached hydrogens (tertiary/aromatic N) is 4. The standard InChI is InChI=1S/C29H27Cl2N5O8/c1-2-21(38)25(44-20(14-37)15-43-29(26(39)40,27(41)42)12-17-6-4-3-5-7-17)36-16-33-22-23(34-28(31)35-24(22)36)32-13-18-8-10-19(30)11-9-18/h1,3-11,16,20-21,25,37-38H,12-15H2,(H,39,40)(H,41,42)(H,32,34,35)/t20-,21+,25+/m0/s1. The zero-order valence-electron chi connectivity index (χ0n) is 22.9. The van der Waals surface area contributed by atoms with Gasteiger partial charge < -0.3 is 35.2 Å². The van der Waals surface area contributed by atoms with E-state index in [1.165, 1.54) is 10.9 Å². The lowest BCUT2D eigenvalue weighted by Gasteiger charge is -2.30. The van der Waals surface area contributed by atoms with Gasteiger partial charge in [0.1, 0.15) is 6.10 Å².